The van der Waals surface area contributed by atoms with Crippen LogP contribution in [-0.2, 0) is 0 Å². The molecule has 214 valence electrons. The van der Waals surface area contributed by atoms with Gasteiger partial charge in [0.15, 0.2) is 17.5 Å². The summed E-state index contributed by atoms with van der Waals surface area (Å²) in [5.74, 6) is 3.55. The molecule has 0 spiro atoms. The summed E-state index contributed by atoms with van der Waals surface area (Å²) in [5, 5.41) is 6.47. The van der Waals surface area contributed by atoms with Crippen LogP contribution in [-0.4, -0.2) is 15.0 Å². The van der Waals surface area contributed by atoms with E-state index in [2.05, 4.69) is 54.6 Å². The van der Waals surface area contributed by atoms with E-state index in [1.165, 1.54) is 0 Å². The molecule has 0 saturated heterocycles. The maximum Gasteiger partial charge on any atom is 0.164 e. The summed E-state index contributed by atoms with van der Waals surface area (Å²) in [5.41, 5.74) is 6.58. The number of hydrogen-bond donors (Lipinski definition) is 0. The van der Waals surface area contributed by atoms with E-state index in [0.717, 1.165) is 82.8 Å². The van der Waals surface area contributed by atoms with Gasteiger partial charge in [0.2, 0.25) is 0 Å². The van der Waals surface area contributed by atoms with Crippen LogP contribution in [0.25, 0.3) is 88.8 Å². The van der Waals surface area contributed by atoms with Crippen molar-refractivity contribution in [2.45, 2.75) is 0 Å². The van der Waals surface area contributed by atoms with E-state index in [0.29, 0.717) is 17.5 Å². The van der Waals surface area contributed by atoms with Gasteiger partial charge in [0.05, 0.1) is 5.39 Å². The number of rotatable bonds is 4. The highest BCUT2D eigenvalue weighted by molar-refractivity contribution is 6.26. The predicted octanol–water partition coefficient (Wildman–Crippen LogP) is 10.9. The number of hydrogen-bond acceptors (Lipinski definition) is 5. The third-order valence-electron chi connectivity index (χ3n) is 8.88. The van der Waals surface area contributed by atoms with Gasteiger partial charge < -0.3 is 9.15 Å². The number of fused-ring (bicyclic) bond motifs is 1. The van der Waals surface area contributed by atoms with Crippen molar-refractivity contribution in [3.05, 3.63) is 140 Å². The molecule has 1 aliphatic heterocycles. The number of benzene rings is 7. The molecule has 0 fully saturated rings. The minimum absolute atomic E-state index is 0.620. The maximum absolute atomic E-state index is 6.46. The van der Waals surface area contributed by atoms with Crippen molar-refractivity contribution in [1.29, 1.82) is 0 Å². The van der Waals surface area contributed by atoms with Crippen molar-refractivity contribution in [1.82, 2.24) is 15.0 Å². The fourth-order valence-corrected chi connectivity index (χ4v) is 6.81. The van der Waals surface area contributed by atoms with E-state index in [-0.39, 0.29) is 0 Å². The SMILES string of the molecule is c1ccc(-c2nc(-c3ccccc3)nc(-c3cc(-c4cc5oc6cccc7c6c5c5c(cccc45)O7)cc4ccccc34)n2)cc1. The summed E-state index contributed by atoms with van der Waals surface area (Å²) in [7, 11) is 0. The average molecular weight is 590 g/mol. The van der Waals surface area contributed by atoms with Crippen LogP contribution in [0.3, 0.4) is 0 Å². The molecule has 5 heteroatoms. The molecule has 7 aromatic carbocycles. The van der Waals surface area contributed by atoms with Gasteiger partial charge >= 0.3 is 0 Å². The number of furan rings is 1. The Kier molecular flexibility index (Phi) is 5.22. The Balaban J connectivity index is 1.27. The summed E-state index contributed by atoms with van der Waals surface area (Å²) in [6.45, 7) is 0. The Morgan fingerprint density at radius 1 is 0.391 bits per heavy atom. The highest BCUT2D eigenvalue weighted by Crippen LogP contribution is 2.51. The van der Waals surface area contributed by atoms with Gasteiger partial charge in [-0.2, -0.15) is 0 Å². The van der Waals surface area contributed by atoms with Gasteiger partial charge in [0, 0.05) is 27.5 Å². The van der Waals surface area contributed by atoms with Gasteiger partial charge in [-0.05, 0) is 63.7 Å². The zero-order chi connectivity index (χ0) is 30.2. The Labute approximate surface area is 263 Å². The Morgan fingerprint density at radius 2 is 1.02 bits per heavy atom. The highest BCUT2D eigenvalue weighted by atomic mass is 16.5. The standard InChI is InChI=1S/C41H23N3O2/c1-3-11-24(12-4-1)39-42-40(25-13-5-2-6-14-25)44-41(43-39)31-22-27(21-26-15-7-8-16-28(26)31)30-23-35-38-36-29(30)17-9-18-32(36)45-33-19-10-20-34(46-35)37(33)38/h1-23H. The quantitative estimate of drug-likeness (QED) is 0.204. The summed E-state index contributed by atoms with van der Waals surface area (Å²) in [6, 6.07) is 47.4. The normalized spacial score (nSPS) is 12.1. The molecule has 3 heterocycles. The zero-order valence-electron chi connectivity index (χ0n) is 24.4. The number of aromatic nitrogens is 3. The van der Waals surface area contributed by atoms with Crippen molar-refractivity contribution >= 4 is 43.5 Å². The number of ether oxygens (including phenoxy) is 1. The Hall–Kier alpha value is -6.33. The van der Waals surface area contributed by atoms with E-state index in [4.69, 9.17) is 24.1 Å². The van der Waals surface area contributed by atoms with E-state index >= 15 is 0 Å². The first-order chi connectivity index (χ1) is 22.8. The summed E-state index contributed by atoms with van der Waals surface area (Å²) >= 11 is 0. The summed E-state index contributed by atoms with van der Waals surface area (Å²) in [6.07, 6.45) is 0. The molecule has 0 amide bonds. The molecule has 0 N–H and O–H groups in total. The van der Waals surface area contributed by atoms with Gasteiger partial charge in [0.25, 0.3) is 0 Å². The molecule has 10 rings (SSSR count). The third kappa shape index (κ3) is 3.72. The Morgan fingerprint density at radius 3 is 1.78 bits per heavy atom. The van der Waals surface area contributed by atoms with E-state index < -0.39 is 0 Å². The first kappa shape index (κ1) is 25.0. The van der Waals surface area contributed by atoms with Gasteiger partial charge in [-0.25, -0.2) is 15.0 Å². The van der Waals surface area contributed by atoms with E-state index in [9.17, 15) is 0 Å². The molecule has 46 heavy (non-hydrogen) atoms. The fourth-order valence-electron chi connectivity index (χ4n) is 6.81. The van der Waals surface area contributed by atoms with Crippen molar-refractivity contribution in [3.8, 4) is 56.8 Å². The molecule has 0 bridgehead atoms. The van der Waals surface area contributed by atoms with E-state index in [1.807, 2.05) is 84.9 Å². The lowest BCUT2D eigenvalue weighted by Gasteiger charge is -2.18. The van der Waals surface area contributed by atoms with Gasteiger partial charge in [0.1, 0.15) is 22.7 Å². The summed E-state index contributed by atoms with van der Waals surface area (Å²) < 4.78 is 12.9. The monoisotopic (exact) mass is 589 g/mol. The van der Waals surface area contributed by atoms with Crippen LogP contribution in [0.5, 0.6) is 11.5 Å². The molecular formula is C41H23N3O2. The van der Waals surface area contributed by atoms with Crippen LogP contribution in [0.4, 0.5) is 0 Å². The second-order valence-corrected chi connectivity index (χ2v) is 11.6. The lowest BCUT2D eigenvalue weighted by atomic mass is 9.90. The van der Waals surface area contributed by atoms with E-state index in [1.54, 1.807) is 0 Å². The lowest BCUT2D eigenvalue weighted by molar-refractivity contribution is 0.492. The zero-order valence-corrected chi connectivity index (χ0v) is 24.4. The van der Waals surface area contributed by atoms with Crippen LogP contribution in [0.1, 0.15) is 0 Å². The van der Waals surface area contributed by atoms with Gasteiger partial charge in [-0.3, -0.25) is 0 Å². The fraction of sp³-hybridized carbons (Fsp3) is 0. The van der Waals surface area contributed by atoms with Crippen LogP contribution < -0.4 is 4.74 Å². The van der Waals surface area contributed by atoms with Crippen LogP contribution >= 0.6 is 0 Å². The van der Waals surface area contributed by atoms with Crippen LogP contribution in [0.15, 0.2) is 144 Å². The molecular weight excluding hydrogens is 566 g/mol. The summed E-state index contributed by atoms with van der Waals surface area (Å²) in [4.78, 5) is 15.1. The second kappa shape index (κ2) is 9.58. The van der Waals surface area contributed by atoms with Crippen molar-refractivity contribution in [2.75, 3.05) is 0 Å². The third-order valence-corrected chi connectivity index (χ3v) is 8.88. The topological polar surface area (TPSA) is 61.0 Å². The molecule has 0 radical (unpaired) electrons. The Bertz CT molecular complexity index is 2610. The minimum atomic E-state index is 0.620. The van der Waals surface area contributed by atoms with Crippen molar-refractivity contribution < 1.29 is 9.15 Å². The molecule has 1 aliphatic rings. The molecule has 5 nitrogen and oxygen atoms in total. The largest absolute Gasteiger partial charge is 0.456 e. The van der Waals surface area contributed by atoms with Crippen LogP contribution in [0.2, 0.25) is 0 Å². The highest BCUT2D eigenvalue weighted by Gasteiger charge is 2.25. The lowest BCUT2D eigenvalue weighted by Crippen LogP contribution is -2.01. The average Bonchev–Trinajstić information content (AvgIpc) is 3.51. The molecule has 0 unspecified atom stereocenters. The molecule has 0 aliphatic carbocycles. The molecule has 2 aromatic heterocycles. The predicted molar refractivity (Wildman–Crippen MR) is 184 cm³/mol. The molecule has 0 atom stereocenters. The first-order valence-corrected chi connectivity index (χ1v) is 15.3. The minimum Gasteiger partial charge on any atom is -0.456 e. The first-order valence-electron chi connectivity index (χ1n) is 15.3. The van der Waals surface area contributed by atoms with Crippen molar-refractivity contribution in [2.24, 2.45) is 0 Å². The molecule has 9 aromatic rings. The second-order valence-electron chi connectivity index (χ2n) is 11.6. The smallest absolute Gasteiger partial charge is 0.164 e. The van der Waals surface area contributed by atoms with Gasteiger partial charge in [-0.15, -0.1) is 0 Å². The van der Waals surface area contributed by atoms with Gasteiger partial charge in [-0.1, -0.05) is 103 Å². The maximum atomic E-state index is 6.46. The molecule has 0 saturated carbocycles. The van der Waals surface area contributed by atoms with Crippen molar-refractivity contribution in [3.63, 3.8) is 0 Å². The number of nitrogens with zero attached hydrogens (tertiary/aromatic N) is 3. The van der Waals surface area contributed by atoms with Crippen LogP contribution in [0, 0.1) is 0 Å².